The fourth-order valence-electron chi connectivity index (χ4n) is 4.66. The third-order valence-electron chi connectivity index (χ3n) is 6.21. The number of ether oxygens (including phenoxy) is 2. The van der Waals surface area contributed by atoms with Crippen LogP contribution in [0.1, 0.15) is 29.4 Å². The van der Waals surface area contributed by atoms with Gasteiger partial charge in [-0.3, -0.25) is 0 Å². The number of fused-ring (bicyclic) bond motifs is 2. The van der Waals surface area contributed by atoms with E-state index in [-0.39, 0.29) is 5.69 Å². The van der Waals surface area contributed by atoms with Crippen LogP contribution >= 0.6 is 0 Å². The van der Waals surface area contributed by atoms with E-state index in [0.29, 0.717) is 26.1 Å². The summed E-state index contributed by atoms with van der Waals surface area (Å²) in [6, 6.07) is 27.9. The number of benzene rings is 4. The number of carboxylic acid groups (broad SMARTS) is 1. The number of aromatic carboxylic acids is 1. The van der Waals surface area contributed by atoms with E-state index < -0.39 is 5.97 Å². The summed E-state index contributed by atoms with van der Waals surface area (Å²) in [7, 11) is 0. The lowest BCUT2D eigenvalue weighted by molar-refractivity contribution is 0.0690. The van der Waals surface area contributed by atoms with Gasteiger partial charge in [-0.15, -0.1) is 0 Å². The van der Waals surface area contributed by atoms with Gasteiger partial charge in [0.15, 0.2) is 0 Å². The summed E-state index contributed by atoms with van der Waals surface area (Å²) in [5.41, 5.74) is 3.69. The molecule has 5 aromatic rings. The normalized spacial score (nSPS) is 11.1. The number of para-hydroxylation sites is 2. The molecule has 0 saturated carbocycles. The van der Waals surface area contributed by atoms with Gasteiger partial charge < -0.3 is 19.6 Å². The topological polar surface area (TPSA) is 71.6 Å². The maximum absolute atomic E-state index is 12.1. The van der Waals surface area contributed by atoms with Gasteiger partial charge in [0.2, 0.25) is 0 Å². The van der Waals surface area contributed by atoms with Crippen molar-refractivity contribution in [3.63, 3.8) is 0 Å². The minimum absolute atomic E-state index is 0.228. The Morgan fingerprint density at radius 3 is 2.34 bits per heavy atom. The molecule has 0 amide bonds. The third kappa shape index (κ3) is 4.45. The first kappa shape index (κ1) is 22.5. The van der Waals surface area contributed by atoms with Gasteiger partial charge >= 0.3 is 5.97 Å². The van der Waals surface area contributed by atoms with Gasteiger partial charge in [-0.2, -0.15) is 0 Å². The third-order valence-corrected chi connectivity index (χ3v) is 6.21. The highest BCUT2D eigenvalue weighted by atomic mass is 16.5. The molecule has 1 heterocycles. The van der Waals surface area contributed by atoms with Crippen molar-refractivity contribution < 1.29 is 19.4 Å². The van der Waals surface area contributed by atoms with E-state index in [4.69, 9.17) is 9.47 Å². The smallest absolute Gasteiger partial charge is 0.352 e. The van der Waals surface area contributed by atoms with Crippen LogP contribution in [0.5, 0.6) is 11.5 Å². The molecule has 5 heteroatoms. The van der Waals surface area contributed by atoms with Crippen LogP contribution in [0, 0.1) is 0 Å². The van der Waals surface area contributed by atoms with E-state index in [1.165, 1.54) is 0 Å². The molecule has 0 bridgehead atoms. The molecule has 2 N–H and O–H groups in total. The van der Waals surface area contributed by atoms with Crippen molar-refractivity contribution in [2.45, 2.75) is 19.8 Å². The van der Waals surface area contributed by atoms with Crippen LogP contribution < -0.4 is 9.47 Å². The standard InChI is InChI=1S/C30H27NO4/c1-2-34-27-17-6-5-13-22(27)23-14-8-15-24-25(29(30(32)33)31-28(23)24)16-9-19-35-26-18-7-11-20-10-3-4-12-21(20)26/h3-8,10-15,17-18,31H,2,9,16,19H2,1H3,(H,32,33). The van der Waals surface area contributed by atoms with Gasteiger partial charge in [0, 0.05) is 21.9 Å². The molecule has 0 aliphatic rings. The lowest BCUT2D eigenvalue weighted by Crippen LogP contribution is -2.04. The summed E-state index contributed by atoms with van der Waals surface area (Å²) in [5, 5.41) is 13.1. The van der Waals surface area contributed by atoms with E-state index in [1.807, 2.05) is 73.7 Å². The fourth-order valence-corrected chi connectivity index (χ4v) is 4.66. The van der Waals surface area contributed by atoms with E-state index in [9.17, 15) is 9.90 Å². The van der Waals surface area contributed by atoms with Gasteiger partial charge in [-0.05, 0) is 42.8 Å². The zero-order valence-electron chi connectivity index (χ0n) is 19.6. The number of aromatic amines is 1. The SMILES string of the molecule is CCOc1ccccc1-c1cccc2c(CCCOc3cccc4ccccc34)c(C(=O)O)[nH]c12. The zero-order chi connectivity index (χ0) is 24.2. The molecule has 4 aromatic carbocycles. The van der Waals surface area contributed by atoms with Crippen molar-refractivity contribution in [3.05, 3.63) is 96.2 Å². The summed E-state index contributed by atoms with van der Waals surface area (Å²) in [6.07, 6.45) is 1.28. The fraction of sp³-hybridized carbons (Fsp3) is 0.167. The number of aromatic nitrogens is 1. The van der Waals surface area contributed by atoms with E-state index in [2.05, 4.69) is 23.2 Å². The monoisotopic (exact) mass is 465 g/mol. The Balaban J connectivity index is 1.43. The van der Waals surface area contributed by atoms with Crippen molar-refractivity contribution in [3.8, 4) is 22.6 Å². The number of H-pyrrole nitrogens is 1. The Bertz CT molecular complexity index is 1500. The number of carboxylic acids is 1. The average molecular weight is 466 g/mol. The molecule has 5 rings (SSSR count). The minimum atomic E-state index is -0.963. The van der Waals surface area contributed by atoms with Gasteiger partial charge in [0.1, 0.15) is 17.2 Å². The predicted octanol–water partition coefficient (Wildman–Crippen LogP) is 7.10. The van der Waals surface area contributed by atoms with Crippen molar-refractivity contribution in [2.75, 3.05) is 13.2 Å². The number of aryl methyl sites for hydroxylation is 1. The molecular weight excluding hydrogens is 438 g/mol. The van der Waals surface area contributed by atoms with Gasteiger partial charge in [0.25, 0.3) is 0 Å². The number of hydrogen-bond acceptors (Lipinski definition) is 3. The second-order valence-electron chi connectivity index (χ2n) is 8.37. The highest BCUT2D eigenvalue weighted by molar-refractivity contribution is 6.03. The summed E-state index contributed by atoms with van der Waals surface area (Å²) >= 11 is 0. The molecule has 0 aliphatic heterocycles. The van der Waals surface area contributed by atoms with Crippen LogP contribution in [-0.4, -0.2) is 29.3 Å². The molecule has 1 aromatic heterocycles. The maximum Gasteiger partial charge on any atom is 0.352 e. The van der Waals surface area contributed by atoms with E-state index in [0.717, 1.165) is 49.9 Å². The van der Waals surface area contributed by atoms with Crippen LogP contribution in [0.25, 0.3) is 32.8 Å². The summed E-state index contributed by atoms with van der Waals surface area (Å²) in [5.74, 6) is 0.657. The second kappa shape index (κ2) is 9.94. The Kier molecular flexibility index (Phi) is 6.40. The highest BCUT2D eigenvalue weighted by Gasteiger charge is 2.20. The van der Waals surface area contributed by atoms with Crippen LogP contribution in [0.4, 0.5) is 0 Å². The van der Waals surface area contributed by atoms with E-state index >= 15 is 0 Å². The summed E-state index contributed by atoms with van der Waals surface area (Å²) < 4.78 is 11.9. The Labute approximate surface area is 203 Å². The lowest BCUT2D eigenvalue weighted by Gasteiger charge is -2.11. The van der Waals surface area contributed by atoms with Gasteiger partial charge in [-0.1, -0.05) is 72.8 Å². The van der Waals surface area contributed by atoms with Crippen molar-refractivity contribution in [1.82, 2.24) is 4.98 Å². The second-order valence-corrected chi connectivity index (χ2v) is 8.37. The number of hydrogen-bond donors (Lipinski definition) is 2. The first-order valence-electron chi connectivity index (χ1n) is 11.9. The van der Waals surface area contributed by atoms with Crippen LogP contribution in [0.2, 0.25) is 0 Å². The average Bonchev–Trinajstić information content (AvgIpc) is 3.26. The number of rotatable bonds is 9. The van der Waals surface area contributed by atoms with Crippen molar-refractivity contribution in [2.24, 2.45) is 0 Å². The van der Waals surface area contributed by atoms with Crippen LogP contribution in [0.15, 0.2) is 84.9 Å². The molecule has 0 aliphatic carbocycles. The minimum Gasteiger partial charge on any atom is -0.493 e. The lowest BCUT2D eigenvalue weighted by atomic mass is 9.99. The Hall–Kier alpha value is -4.25. The Morgan fingerprint density at radius 2 is 1.49 bits per heavy atom. The molecule has 0 unspecified atom stereocenters. The van der Waals surface area contributed by atoms with Gasteiger partial charge in [-0.25, -0.2) is 4.79 Å². The predicted molar refractivity (Wildman–Crippen MR) is 140 cm³/mol. The largest absolute Gasteiger partial charge is 0.493 e. The van der Waals surface area contributed by atoms with Gasteiger partial charge in [0.05, 0.1) is 18.7 Å². The summed E-state index contributed by atoms with van der Waals surface area (Å²) in [6.45, 7) is 3.00. The highest BCUT2D eigenvalue weighted by Crippen LogP contribution is 2.37. The first-order chi connectivity index (χ1) is 17.2. The molecule has 0 atom stereocenters. The number of nitrogens with one attached hydrogen (secondary N) is 1. The molecule has 0 radical (unpaired) electrons. The van der Waals surface area contributed by atoms with Crippen molar-refractivity contribution >= 4 is 27.6 Å². The molecular formula is C30H27NO4. The molecule has 176 valence electrons. The summed E-state index contributed by atoms with van der Waals surface area (Å²) in [4.78, 5) is 15.3. The molecule has 35 heavy (non-hydrogen) atoms. The van der Waals surface area contributed by atoms with Crippen molar-refractivity contribution in [1.29, 1.82) is 0 Å². The van der Waals surface area contributed by atoms with Crippen LogP contribution in [0.3, 0.4) is 0 Å². The van der Waals surface area contributed by atoms with E-state index in [1.54, 1.807) is 0 Å². The molecule has 5 nitrogen and oxygen atoms in total. The maximum atomic E-state index is 12.1. The molecule has 0 fully saturated rings. The quantitative estimate of drug-likeness (QED) is 0.228. The molecule has 0 saturated heterocycles. The number of carbonyl (C=O) groups is 1. The zero-order valence-corrected chi connectivity index (χ0v) is 19.6. The van der Waals surface area contributed by atoms with Crippen LogP contribution in [-0.2, 0) is 6.42 Å². The first-order valence-corrected chi connectivity index (χ1v) is 11.9. The molecule has 0 spiro atoms. The Morgan fingerprint density at radius 1 is 0.800 bits per heavy atom.